The summed E-state index contributed by atoms with van der Waals surface area (Å²) in [6, 6.07) is 0. The van der Waals surface area contributed by atoms with Gasteiger partial charge in [-0.2, -0.15) is 75.8 Å². The number of hydrogen-bond donors (Lipinski definition) is 9. The van der Waals surface area contributed by atoms with Crippen molar-refractivity contribution in [3.63, 3.8) is 0 Å². The van der Waals surface area contributed by atoms with E-state index in [4.69, 9.17) is 23.1 Å². The van der Waals surface area contributed by atoms with Crippen LogP contribution in [0, 0.1) is 0 Å². The molecule has 0 aromatic carbocycles. The molecular weight excluding hydrogens is 1040 g/mol. The minimum atomic E-state index is -6.48. The van der Waals surface area contributed by atoms with Gasteiger partial charge in [-0.05, 0) is 0 Å². The summed E-state index contributed by atoms with van der Waals surface area (Å²) >= 11 is 0. The maximum absolute atomic E-state index is 12.0. The highest BCUT2D eigenvalue weighted by Crippen LogP contribution is 2.35. The average Bonchev–Trinajstić information content (AvgIpc) is 2.92. The van der Waals surface area contributed by atoms with Gasteiger partial charge in [-0.25, -0.2) is 37.6 Å². The van der Waals surface area contributed by atoms with Crippen LogP contribution in [0.2, 0.25) is 0 Å². The van der Waals surface area contributed by atoms with E-state index in [1.54, 1.807) is 0 Å². The van der Waals surface area contributed by atoms with Crippen LogP contribution in [0.25, 0.3) is 0 Å². The van der Waals surface area contributed by atoms with Gasteiger partial charge < -0.3 is 9.47 Å². The lowest BCUT2D eigenvalue weighted by atomic mass is 9.98. The van der Waals surface area contributed by atoms with Crippen molar-refractivity contribution in [3.05, 3.63) is 0 Å². The molecule has 47 heteroatoms. The zero-order valence-corrected chi connectivity index (χ0v) is 34.2. The van der Waals surface area contributed by atoms with Gasteiger partial charge in [-0.15, -0.1) is 0 Å². The molecule has 9 N–H and O–H groups in total. The first-order chi connectivity index (χ1) is 25.8. The predicted molar refractivity (Wildman–Crippen MR) is 165 cm³/mol. The Morgan fingerprint density at radius 1 is 0.390 bits per heavy atom. The van der Waals surface area contributed by atoms with Crippen LogP contribution in [0.4, 0.5) is 0 Å². The topological polar surface area (TPSA) is 591 Å². The van der Waals surface area contributed by atoms with Crippen molar-refractivity contribution >= 4 is 93.6 Å². The van der Waals surface area contributed by atoms with Crippen molar-refractivity contribution in [2.45, 2.75) is 55.1 Å². The quantitative estimate of drug-likeness (QED) is 0.0363. The monoisotopic (exact) mass is 1060 g/mol. The third kappa shape index (κ3) is 24.8. The highest BCUT2D eigenvalue weighted by Gasteiger charge is 2.57. The molecule has 0 aliphatic carbocycles. The Balaban J connectivity index is 4.57. The van der Waals surface area contributed by atoms with Crippen LogP contribution in [0.1, 0.15) is 0 Å². The third-order valence-electron chi connectivity index (χ3n) is 5.50. The second-order valence-electron chi connectivity index (χ2n) is 9.86. The fourth-order valence-corrected chi connectivity index (χ4v) is 7.88. The molecule has 1 heterocycles. The first kappa shape index (κ1) is 55.8. The largest absolute Gasteiger partial charge is 0.397 e. The lowest BCUT2D eigenvalue weighted by molar-refractivity contribution is -0.313. The van der Waals surface area contributed by atoms with Gasteiger partial charge in [-0.3, -0.25) is 41.0 Å². The maximum atomic E-state index is 12.0. The van der Waals surface area contributed by atoms with E-state index in [1.165, 1.54) is 0 Å². The predicted octanol–water partition coefficient (Wildman–Crippen LogP) is -7.32. The van der Waals surface area contributed by atoms with E-state index in [-0.39, 0.29) is 0 Å². The van der Waals surface area contributed by atoms with Crippen LogP contribution in [-0.2, 0) is 141 Å². The summed E-state index contributed by atoms with van der Waals surface area (Å²) in [6.45, 7) is -6.81. The molecule has 0 radical (unpaired) electrons. The van der Waals surface area contributed by atoms with Gasteiger partial charge in [0.25, 0.3) is 0 Å². The molecule has 1 unspecified atom stereocenters. The van der Waals surface area contributed by atoms with Crippen LogP contribution < -0.4 is 0 Å². The minimum absolute atomic E-state index is 2.08. The van der Waals surface area contributed by atoms with Crippen LogP contribution in [0.3, 0.4) is 0 Å². The number of rotatable bonds is 26. The van der Waals surface area contributed by atoms with E-state index in [1.807, 2.05) is 0 Å². The summed E-state index contributed by atoms with van der Waals surface area (Å²) < 4.78 is 338. The molecular formula is C12H24O38S9. The number of ether oxygens (including phenoxy) is 2. The Kier molecular flexibility index (Phi) is 19.0. The lowest BCUT2D eigenvalue weighted by Gasteiger charge is -2.45. The van der Waals surface area contributed by atoms with Crippen LogP contribution >= 0.6 is 0 Å². The summed E-state index contributed by atoms with van der Waals surface area (Å²) in [5.41, 5.74) is 0. The first-order valence-corrected chi connectivity index (χ1v) is 25.2. The van der Waals surface area contributed by atoms with E-state index in [9.17, 15) is 103 Å². The Morgan fingerprint density at radius 2 is 0.729 bits per heavy atom. The van der Waals surface area contributed by atoms with Gasteiger partial charge >= 0.3 is 93.6 Å². The summed E-state index contributed by atoms with van der Waals surface area (Å²) in [6.07, 6.45) is -32.0. The normalized spacial score (nSPS) is 24.3. The van der Waals surface area contributed by atoms with E-state index in [0.29, 0.717) is 0 Å². The molecule has 0 spiro atoms. The van der Waals surface area contributed by atoms with E-state index in [0.717, 1.165) is 0 Å². The van der Waals surface area contributed by atoms with Crippen LogP contribution in [-0.4, -0.2) is 192 Å². The van der Waals surface area contributed by atoms with Crippen molar-refractivity contribution in [1.82, 2.24) is 0 Å². The first-order valence-electron chi connectivity index (χ1n) is 12.9. The molecule has 1 fully saturated rings. The Morgan fingerprint density at radius 3 is 1.07 bits per heavy atom. The number of hydrogen-bond acceptors (Lipinski definition) is 29. The molecule has 59 heavy (non-hydrogen) atoms. The second kappa shape index (κ2) is 20.1. The summed E-state index contributed by atoms with van der Waals surface area (Å²) in [4.78, 5) is 0. The Bertz CT molecular complexity index is 2470. The molecule has 0 aromatic rings. The molecule has 1 saturated heterocycles. The molecule has 354 valence electrons. The fourth-order valence-electron chi connectivity index (χ4n) is 4.00. The summed E-state index contributed by atoms with van der Waals surface area (Å²) in [5, 5.41) is 0. The van der Waals surface area contributed by atoms with Crippen LogP contribution in [0.15, 0.2) is 0 Å². The Hall–Kier alpha value is -1.25. The van der Waals surface area contributed by atoms with Gasteiger partial charge in [0.1, 0.15) is 42.7 Å². The van der Waals surface area contributed by atoms with Crippen LogP contribution in [0.5, 0.6) is 0 Å². The molecule has 0 bridgehead atoms. The summed E-state index contributed by atoms with van der Waals surface area (Å²) in [5.74, 6) is 0. The smallest absolute Gasteiger partial charge is 0.341 e. The molecule has 1 aliphatic heterocycles. The van der Waals surface area contributed by atoms with Crippen molar-refractivity contribution in [1.29, 1.82) is 0 Å². The van der Waals surface area contributed by atoms with Gasteiger partial charge in [-0.1, -0.05) is 0 Å². The molecule has 0 saturated carbocycles. The van der Waals surface area contributed by atoms with Gasteiger partial charge in [0, 0.05) is 0 Å². The zero-order valence-electron chi connectivity index (χ0n) is 26.9. The maximum Gasteiger partial charge on any atom is 0.397 e. The van der Waals surface area contributed by atoms with E-state index >= 15 is 0 Å². The molecule has 0 amide bonds. The van der Waals surface area contributed by atoms with Crippen molar-refractivity contribution in [2.75, 3.05) is 19.8 Å². The lowest BCUT2D eigenvalue weighted by Crippen LogP contribution is -2.65. The summed E-state index contributed by atoms with van der Waals surface area (Å²) in [7, 11) is -55.8. The van der Waals surface area contributed by atoms with Crippen molar-refractivity contribution in [3.8, 4) is 0 Å². The zero-order chi connectivity index (χ0) is 46.6. The van der Waals surface area contributed by atoms with Crippen molar-refractivity contribution < 1.29 is 164 Å². The van der Waals surface area contributed by atoms with Crippen molar-refractivity contribution in [2.24, 2.45) is 0 Å². The van der Waals surface area contributed by atoms with Gasteiger partial charge in [0.15, 0.2) is 12.4 Å². The SMILES string of the molecule is O=S(=O)(O)OC[C@H](OS(=O)(=O)O)[C@@H](OS(=O)(=O)O)C(O[C@@H]1O[C@H](COS(=O)(=O)O)[C@@H](OS(=O)(=O)O)[C@H](OS(=O)(=O)O)[C@H]1OS(=O)(=O)O)[C@@H](COS(=O)(=O)O)OS(=O)(=O)O. The molecule has 1 rings (SSSR count). The highest BCUT2D eigenvalue weighted by atomic mass is 32.3. The molecule has 0 aromatic heterocycles. The van der Waals surface area contributed by atoms with E-state index in [2.05, 4.69) is 37.6 Å². The molecule has 1 aliphatic rings. The van der Waals surface area contributed by atoms with Gasteiger partial charge in [0.05, 0.1) is 19.8 Å². The molecule has 9 atom stereocenters. The second-order valence-corrected chi connectivity index (χ2v) is 19.4. The Labute approximate surface area is 331 Å². The third-order valence-corrected chi connectivity index (χ3v) is 9.65. The standard InChI is InChI=1S/C12H24O38S9/c13-51(14,15)40-1-4-8(47-56(28,29)30)10(49-58(34,35)36)11(50-59(37,38)39)12(43-4)44-7(5(45-54(22,23)24)2-41-52(16,17)18)9(48-57(31,32)33)6(46-55(25,26)27)3-42-53(19,20)21/h4-12H,1-3H2,(H,13,14,15)(H,16,17,18)(H,19,20,21)(H,22,23,24)(H,25,26,27)(H,28,29,30)(H,31,32,33)(H,34,35,36)(H,37,38,39)/t4-,5-,6+,7?,8-,9-,10+,11-,12+/m1/s1. The minimum Gasteiger partial charge on any atom is -0.341 e. The highest BCUT2D eigenvalue weighted by molar-refractivity contribution is 7.82. The fraction of sp³-hybridized carbons (Fsp3) is 1.00. The van der Waals surface area contributed by atoms with E-state index < -0.39 is 169 Å². The van der Waals surface area contributed by atoms with Gasteiger partial charge in [0.2, 0.25) is 0 Å². The molecule has 38 nitrogen and oxygen atoms in total. The average molecular weight is 1060 g/mol.